The highest BCUT2D eigenvalue weighted by Gasteiger charge is 2.41. The first-order chi connectivity index (χ1) is 33.7. The Morgan fingerprint density at radius 3 is 1.74 bits per heavy atom. The molecule has 1 N–H and O–H groups in total. The van der Waals surface area contributed by atoms with Crippen LogP contribution in [0.4, 0.5) is 17.1 Å². The van der Waals surface area contributed by atoms with Crippen LogP contribution in [0.3, 0.4) is 0 Å². The number of nitrogens with zero attached hydrogens (tertiary/aromatic N) is 6. The van der Waals surface area contributed by atoms with E-state index in [1.807, 2.05) is 30.3 Å². The second-order valence-corrected chi connectivity index (χ2v) is 16.9. The average molecular weight is 947 g/mol. The SMILES string of the molecule is [C-]#[N+]/C(C#N)=C1\OC(C)(CCCO)C(/C=C/c2ccc(N3CCOc4cc(C)ccc4N4CCOCCOCCN(CCOCCOCC4)c4ccc(C)cc4OCC3)c(OCCOC)c2)=C1C#N. The van der Waals surface area contributed by atoms with Gasteiger partial charge in [-0.3, -0.25) is 0 Å². The summed E-state index contributed by atoms with van der Waals surface area (Å²) >= 11 is 0. The summed E-state index contributed by atoms with van der Waals surface area (Å²) in [5.41, 5.74) is 4.85. The molecule has 69 heavy (non-hydrogen) atoms. The van der Waals surface area contributed by atoms with Gasteiger partial charge in [-0.2, -0.15) is 5.26 Å². The molecule has 1 atom stereocenters. The van der Waals surface area contributed by atoms with Crippen molar-refractivity contribution in [3.63, 3.8) is 0 Å². The number of aryl methyl sites for hydroxylation is 2. The summed E-state index contributed by atoms with van der Waals surface area (Å²) < 4.78 is 55.9. The molecule has 3 aromatic rings. The Hall–Kier alpha value is -6.29. The average Bonchev–Trinajstić information content (AvgIpc) is 3.63. The number of hydrogen-bond acceptors (Lipinski definition) is 15. The first-order valence-corrected chi connectivity index (χ1v) is 23.7. The number of benzene rings is 3. The molecule has 4 aliphatic heterocycles. The monoisotopic (exact) mass is 946 g/mol. The van der Waals surface area contributed by atoms with Crippen molar-refractivity contribution in [2.24, 2.45) is 0 Å². The molecule has 0 saturated carbocycles. The molecular weight excluding hydrogens is 881 g/mol. The van der Waals surface area contributed by atoms with E-state index in [1.54, 1.807) is 20.1 Å². The van der Waals surface area contributed by atoms with Gasteiger partial charge in [0.15, 0.2) is 5.76 Å². The van der Waals surface area contributed by atoms with Gasteiger partial charge in [0.2, 0.25) is 0 Å². The minimum absolute atomic E-state index is 0.0506. The smallest absolute Gasteiger partial charge is 0.304 e. The molecule has 0 aliphatic carbocycles. The third kappa shape index (κ3) is 14.6. The van der Waals surface area contributed by atoms with Gasteiger partial charge in [-0.15, -0.1) is 0 Å². The summed E-state index contributed by atoms with van der Waals surface area (Å²) in [6.45, 7) is 22.0. The summed E-state index contributed by atoms with van der Waals surface area (Å²) in [6, 6.07) is 22.4. The molecule has 368 valence electrons. The molecule has 0 aromatic heterocycles. The molecule has 16 nitrogen and oxygen atoms in total. The number of fused-ring (bicyclic) bond motifs is 20. The van der Waals surface area contributed by atoms with Crippen LogP contribution >= 0.6 is 0 Å². The maximum absolute atomic E-state index is 10.3. The van der Waals surface area contributed by atoms with Crippen LogP contribution in [0.15, 0.2) is 83.3 Å². The Kier molecular flexibility index (Phi) is 20.4. The Morgan fingerprint density at radius 1 is 0.725 bits per heavy atom. The number of allylic oxidation sites excluding steroid dienone is 2. The summed E-state index contributed by atoms with van der Waals surface area (Å²) in [5.74, 6) is 2.04. The molecule has 4 aliphatic rings. The lowest BCUT2D eigenvalue weighted by atomic mass is 9.88. The number of aliphatic hydroxyl groups is 1. The standard InChI is InChI=1S/C53H66N6O10/c1-40-7-12-46-49(35-40)66-27-20-59(21-28-67-50-36-41(2)8-13-47(50)58-18-25-64-32-30-62-23-16-57(46)17-24-63-31-33-65-26-19-58)48-14-10-42(37-51(48)68-34-29-61-5)9-11-44-43(38-54)52(45(39-55)56-4)69-53(44,3)15-6-22-60/h7-14,35-37,60H,6,15-34H2,1-3,5H3/b11-9+,52-45-. The van der Waals surface area contributed by atoms with E-state index in [2.05, 4.69) is 75.9 Å². The normalized spacial score (nSPS) is 20.1. The van der Waals surface area contributed by atoms with Crippen LogP contribution in [0, 0.1) is 43.1 Å². The highest BCUT2D eigenvalue weighted by Crippen LogP contribution is 2.44. The fourth-order valence-corrected chi connectivity index (χ4v) is 8.34. The molecule has 0 radical (unpaired) electrons. The minimum Gasteiger partial charge on any atom is -0.492 e. The van der Waals surface area contributed by atoms with Gasteiger partial charge >= 0.3 is 5.70 Å². The summed E-state index contributed by atoms with van der Waals surface area (Å²) in [6.07, 6.45) is 4.38. The van der Waals surface area contributed by atoms with Gasteiger partial charge < -0.3 is 62.4 Å². The van der Waals surface area contributed by atoms with Gasteiger partial charge in [0.25, 0.3) is 0 Å². The quantitative estimate of drug-likeness (QED) is 0.0951. The van der Waals surface area contributed by atoms with Crippen molar-refractivity contribution < 1.29 is 47.7 Å². The molecule has 3 aromatic carbocycles. The molecule has 16 heteroatoms. The van der Waals surface area contributed by atoms with E-state index in [0.29, 0.717) is 136 Å². The van der Waals surface area contributed by atoms with E-state index in [0.717, 1.165) is 45.3 Å². The number of aliphatic hydroxyl groups excluding tert-OH is 1. The van der Waals surface area contributed by atoms with Crippen LogP contribution in [-0.2, 0) is 28.4 Å². The summed E-state index contributed by atoms with van der Waals surface area (Å²) in [7, 11) is 1.62. The van der Waals surface area contributed by atoms with E-state index in [9.17, 15) is 15.6 Å². The van der Waals surface area contributed by atoms with Crippen LogP contribution in [0.5, 0.6) is 17.2 Å². The first kappa shape index (κ1) is 52.1. The lowest BCUT2D eigenvalue weighted by Crippen LogP contribution is -2.34. The van der Waals surface area contributed by atoms with E-state index in [1.165, 1.54) is 0 Å². The van der Waals surface area contributed by atoms with Crippen LogP contribution < -0.4 is 28.9 Å². The van der Waals surface area contributed by atoms with E-state index in [-0.39, 0.29) is 30.2 Å². The van der Waals surface area contributed by atoms with Gasteiger partial charge in [-0.25, -0.2) is 10.1 Å². The third-order valence-electron chi connectivity index (χ3n) is 12.0. The molecule has 1 fully saturated rings. The molecule has 0 amide bonds. The zero-order chi connectivity index (χ0) is 48.9. The van der Waals surface area contributed by atoms with Gasteiger partial charge in [-0.05, 0) is 86.7 Å². The largest absolute Gasteiger partial charge is 0.492 e. The molecule has 4 heterocycles. The maximum Gasteiger partial charge on any atom is 0.304 e. The Balaban J connectivity index is 1.39. The second kappa shape index (κ2) is 27.0. The van der Waals surface area contributed by atoms with Crippen molar-refractivity contribution in [3.05, 3.63) is 111 Å². The fraction of sp³-hybridized carbons (Fsp3) is 0.491. The second-order valence-electron chi connectivity index (χ2n) is 16.9. The minimum atomic E-state index is -1.06. The van der Waals surface area contributed by atoms with Crippen molar-refractivity contribution in [2.45, 2.75) is 39.2 Å². The molecule has 0 spiro atoms. The summed E-state index contributed by atoms with van der Waals surface area (Å²) in [4.78, 5) is 10.0. The number of anilines is 3. The molecular formula is C53H66N6O10. The molecule has 1 unspecified atom stereocenters. The van der Waals surface area contributed by atoms with Crippen LogP contribution in [-0.4, -0.2) is 143 Å². The van der Waals surface area contributed by atoms with Crippen LogP contribution in [0.1, 0.15) is 36.5 Å². The third-order valence-corrected chi connectivity index (χ3v) is 12.0. The number of nitriles is 2. The number of hydrogen-bond donors (Lipinski definition) is 1. The molecule has 2 bridgehead atoms. The predicted molar refractivity (Wildman–Crippen MR) is 264 cm³/mol. The van der Waals surface area contributed by atoms with Crippen molar-refractivity contribution >= 4 is 23.1 Å². The lowest BCUT2D eigenvalue weighted by Gasteiger charge is -2.30. The lowest BCUT2D eigenvalue weighted by molar-refractivity contribution is 0.0435. The van der Waals surface area contributed by atoms with E-state index in [4.69, 9.17) is 49.2 Å². The van der Waals surface area contributed by atoms with Crippen molar-refractivity contribution in [3.8, 4) is 29.4 Å². The Morgan fingerprint density at radius 2 is 1.25 bits per heavy atom. The van der Waals surface area contributed by atoms with E-state index < -0.39 is 5.60 Å². The highest BCUT2D eigenvalue weighted by atomic mass is 16.5. The maximum atomic E-state index is 10.3. The number of ether oxygens (including phenoxy) is 9. The van der Waals surface area contributed by atoms with Crippen LogP contribution in [0.2, 0.25) is 0 Å². The Bertz CT molecular complexity index is 2270. The highest BCUT2D eigenvalue weighted by molar-refractivity contribution is 5.68. The fourth-order valence-electron chi connectivity index (χ4n) is 8.34. The molecule has 1 saturated heterocycles. The van der Waals surface area contributed by atoms with Crippen molar-refractivity contribution in [1.82, 2.24) is 0 Å². The van der Waals surface area contributed by atoms with Crippen molar-refractivity contribution in [1.29, 1.82) is 10.5 Å². The topological polar surface area (TPSA) is 165 Å². The summed E-state index contributed by atoms with van der Waals surface area (Å²) in [5, 5.41) is 29.7. The van der Waals surface area contributed by atoms with E-state index >= 15 is 0 Å². The van der Waals surface area contributed by atoms with Gasteiger partial charge in [0, 0.05) is 45.5 Å². The zero-order valence-corrected chi connectivity index (χ0v) is 40.5. The van der Waals surface area contributed by atoms with Crippen LogP contribution in [0.25, 0.3) is 10.9 Å². The van der Waals surface area contributed by atoms with Gasteiger partial charge in [0.05, 0.1) is 108 Å². The number of methoxy groups -OCH3 is 1. The zero-order valence-electron chi connectivity index (χ0n) is 40.5. The van der Waals surface area contributed by atoms with Crippen molar-refractivity contribution in [2.75, 3.05) is 147 Å². The molecule has 7 rings (SSSR count). The Labute approximate surface area is 407 Å². The predicted octanol–water partition coefficient (Wildman–Crippen LogP) is 7.05. The first-order valence-electron chi connectivity index (χ1n) is 23.7. The van der Waals surface area contributed by atoms with Gasteiger partial charge in [0.1, 0.15) is 48.7 Å². The van der Waals surface area contributed by atoms with Gasteiger partial charge in [-0.1, -0.05) is 30.4 Å². The number of rotatable bonds is 10.